The molecule has 0 fully saturated rings. The lowest BCUT2D eigenvalue weighted by atomic mass is 10.3. The number of nitrogens with zero attached hydrogens (tertiary/aromatic N) is 3. The molecule has 18 heavy (non-hydrogen) atoms. The van der Waals surface area contributed by atoms with E-state index in [0.717, 1.165) is 18.1 Å². The molecule has 0 unspecified atom stereocenters. The smallest absolute Gasteiger partial charge is 0.126 e. The van der Waals surface area contributed by atoms with Gasteiger partial charge in [0.15, 0.2) is 0 Å². The van der Waals surface area contributed by atoms with Gasteiger partial charge in [0.05, 0.1) is 18.8 Å². The van der Waals surface area contributed by atoms with E-state index in [4.69, 9.17) is 4.74 Å². The van der Waals surface area contributed by atoms with Crippen LogP contribution >= 0.6 is 0 Å². The van der Waals surface area contributed by atoms with E-state index in [1.54, 1.807) is 13.3 Å². The van der Waals surface area contributed by atoms with Crippen LogP contribution in [0.25, 0.3) is 0 Å². The fourth-order valence-electron chi connectivity index (χ4n) is 1.78. The van der Waals surface area contributed by atoms with Crippen molar-refractivity contribution in [3.63, 3.8) is 0 Å². The van der Waals surface area contributed by atoms with E-state index in [0.29, 0.717) is 6.61 Å². The Hall–Kier alpha value is -1.88. The molecule has 0 bridgehead atoms. The van der Waals surface area contributed by atoms with Crippen molar-refractivity contribution in [3.8, 4) is 0 Å². The van der Waals surface area contributed by atoms with Crippen LogP contribution in [0.2, 0.25) is 0 Å². The first-order valence-electron chi connectivity index (χ1n) is 5.97. The maximum atomic E-state index is 5.07. The van der Waals surface area contributed by atoms with E-state index in [2.05, 4.69) is 22.3 Å². The van der Waals surface area contributed by atoms with Gasteiger partial charge in [-0.05, 0) is 25.1 Å². The molecule has 2 aromatic rings. The quantitative estimate of drug-likeness (QED) is 0.846. The number of pyridine rings is 1. The molecule has 0 aliphatic rings. The Morgan fingerprint density at radius 3 is 3.00 bits per heavy atom. The minimum absolute atomic E-state index is 0.259. The first kappa shape index (κ1) is 12.6. The molecule has 5 heteroatoms. The number of aromatic nitrogens is 3. The van der Waals surface area contributed by atoms with E-state index in [-0.39, 0.29) is 6.04 Å². The summed E-state index contributed by atoms with van der Waals surface area (Å²) in [6.45, 7) is 3.44. The fourth-order valence-corrected chi connectivity index (χ4v) is 1.78. The van der Waals surface area contributed by atoms with Crippen LogP contribution < -0.4 is 5.32 Å². The summed E-state index contributed by atoms with van der Waals surface area (Å²) in [5.41, 5.74) is 0.925. The maximum Gasteiger partial charge on any atom is 0.126 e. The summed E-state index contributed by atoms with van der Waals surface area (Å²) in [6, 6.07) is 8.07. The third-order valence-corrected chi connectivity index (χ3v) is 2.51. The summed E-state index contributed by atoms with van der Waals surface area (Å²) >= 11 is 0. The number of methoxy groups -OCH3 is 1. The van der Waals surface area contributed by atoms with Crippen LogP contribution in [0.4, 0.5) is 5.82 Å². The van der Waals surface area contributed by atoms with Gasteiger partial charge in [-0.25, -0.2) is 4.98 Å². The standard InChI is InChI=1S/C13H18N4O/c1-11(9-17-8-4-7-14-17)15-13-6-3-5-12(16-13)10-18-2/h3-8,11H,9-10H2,1-2H3,(H,15,16)/t11-/m1/s1. The monoisotopic (exact) mass is 246 g/mol. The van der Waals surface area contributed by atoms with Gasteiger partial charge in [0.2, 0.25) is 0 Å². The molecule has 2 rings (SSSR count). The third-order valence-electron chi connectivity index (χ3n) is 2.51. The topological polar surface area (TPSA) is 52.0 Å². The lowest BCUT2D eigenvalue weighted by molar-refractivity contribution is 0.181. The predicted molar refractivity (Wildman–Crippen MR) is 70.3 cm³/mol. The Kier molecular flexibility index (Phi) is 4.30. The zero-order chi connectivity index (χ0) is 12.8. The third kappa shape index (κ3) is 3.56. The summed E-state index contributed by atoms with van der Waals surface area (Å²) in [7, 11) is 1.67. The molecule has 5 nitrogen and oxygen atoms in total. The van der Waals surface area contributed by atoms with Gasteiger partial charge in [0.1, 0.15) is 5.82 Å². The molecule has 2 heterocycles. The van der Waals surface area contributed by atoms with Crippen LogP contribution in [0.1, 0.15) is 12.6 Å². The van der Waals surface area contributed by atoms with Crippen molar-refractivity contribution in [2.45, 2.75) is 26.1 Å². The van der Waals surface area contributed by atoms with Gasteiger partial charge in [-0.2, -0.15) is 5.10 Å². The molecule has 0 saturated carbocycles. The average Bonchev–Trinajstić information content (AvgIpc) is 2.82. The van der Waals surface area contributed by atoms with E-state index in [9.17, 15) is 0 Å². The van der Waals surface area contributed by atoms with E-state index in [1.807, 2.05) is 35.1 Å². The molecule has 0 amide bonds. The zero-order valence-corrected chi connectivity index (χ0v) is 10.7. The molecule has 0 aliphatic heterocycles. The molecule has 0 saturated heterocycles. The number of hydrogen-bond acceptors (Lipinski definition) is 4. The molecule has 1 N–H and O–H groups in total. The Morgan fingerprint density at radius 1 is 1.39 bits per heavy atom. The number of ether oxygens (including phenoxy) is 1. The van der Waals surface area contributed by atoms with Crippen molar-refractivity contribution < 1.29 is 4.74 Å². The van der Waals surface area contributed by atoms with Crippen LogP contribution in [0.15, 0.2) is 36.7 Å². The van der Waals surface area contributed by atoms with E-state index < -0.39 is 0 Å². The van der Waals surface area contributed by atoms with Crippen LogP contribution in [-0.2, 0) is 17.9 Å². The van der Waals surface area contributed by atoms with Gasteiger partial charge >= 0.3 is 0 Å². The summed E-state index contributed by atoms with van der Waals surface area (Å²) in [5, 5.41) is 7.53. The molecular formula is C13H18N4O. The summed E-state index contributed by atoms with van der Waals surface area (Å²) in [6.07, 6.45) is 3.73. The molecule has 0 aromatic carbocycles. The lowest BCUT2D eigenvalue weighted by Gasteiger charge is -2.15. The van der Waals surface area contributed by atoms with Gasteiger partial charge in [-0.1, -0.05) is 6.07 Å². The highest BCUT2D eigenvalue weighted by Crippen LogP contribution is 2.08. The van der Waals surface area contributed by atoms with Crippen LogP contribution in [0.3, 0.4) is 0 Å². The first-order chi connectivity index (χ1) is 8.78. The van der Waals surface area contributed by atoms with Crippen LogP contribution in [0.5, 0.6) is 0 Å². The van der Waals surface area contributed by atoms with Crippen molar-refractivity contribution in [3.05, 3.63) is 42.4 Å². The molecule has 2 aromatic heterocycles. The Morgan fingerprint density at radius 2 is 2.28 bits per heavy atom. The highest BCUT2D eigenvalue weighted by Gasteiger charge is 2.04. The normalized spacial score (nSPS) is 12.3. The predicted octanol–water partition coefficient (Wildman–Crippen LogP) is 1.93. The highest BCUT2D eigenvalue weighted by molar-refractivity contribution is 5.36. The minimum Gasteiger partial charge on any atom is -0.378 e. The van der Waals surface area contributed by atoms with Crippen molar-refractivity contribution >= 4 is 5.82 Å². The van der Waals surface area contributed by atoms with Gasteiger partial charge in [-0.15, -0.1) is 0 Å². The van der Waals surface area contributed by atoms with Gasteiger partial charge < -0.3 is 10.1 Å². The van der Waals surface area contributed by atoms with Crippen molar-refractivity contribution in [2.75, 3.05) is 12.4 Å². The Bertz CT molecular complexity index is 470. The molecule has 1 atom stereocenters. The molecule has 0 radical (unpaired) electrons. The zero-order valence-electron chi connectivity index (χ0n) is 10.7. The molecule has 96 valence electrons. The second-order valence-electron chi connectivity index (χ2n) is 4.22. The molecule has 0 aliphatic carbocycles. The largest absolute Gasteiger partial charge is 0.378 e. The minimum atomic E-state index is 0.259. The first-order valence-corrected chi connectivity index (χ1v) is 5.97. The van der Waals surface area contributed by atoms with Gasteiger partial charge in [0.25, 0.3) is 0 Å². The summed E-state index contributed by atoms with van der Waals surface area (Å²) in [4.78, 5) is 4.47. The summed E-state index contributed by atoms with van der Waals surface area (Å²) < 4.78 is 6.97. The molecular weight excluding hydrogens is 228 g/mol. The Balaban J connectivity index is 1.93. The number of rotatable bonds is 6. The van der Waals surface area contributed by atoms with Gasteiger partial charge in [0, 0.05) is 25.5 Å². The molecule has 0 spiro atoms. The van der Waals surface area contributed by atoms with Gasteiger partial charge in [-0.3, -0.25) is 4.68 Å². The Labute approximate surface area is 107 Å². The van der Waals surface area contributed by atoms with Crippen molar-refractivity contribution in [1.29, 1.82) is 0 Å². The second kappa shape index (κ2) is 6.16. The van der Waals surface area contributed by atoms with Crippen molar-refractivity contribution in [2.24, 2.45) is 0 Å². The second-order valence-corrected chi connectivity index (χ2v) is 4.22. The lowest BCUT2D eigenvalue weighted by Crippen LogP contribution is -2.22. The fraction of sp³-hybridized carbons (Fsp3) is 0.385. The number of hydrogen-bond donors (Lipinski definition) is 1. The average molecular weight is 246 g/mol. The number of nitrogens with one attached hydrogen (secondary N) is 1. The van der Waals surface area contributed by atoms with Crippen LogP contribution in [0, 0.1) is 0 Å². The number of anilines is 1. The van der Waals surface area contributed by atoms with Crippen molar-refractivity contribution in [1.82, 2.24) is 14.8 Å². The van der Waals surface area contributed by atoms with E-state index >= 15 is 0 Å². The van der Waals surface area contributed by atoms with E-state index in [1.165, 1.54) is 0 Å². The summed E-state index contributed by atoms with van der Waals surface area (Å²) in [5.74, 6) is 0.865. The van der Waals surface area contributed by atoms with Crippen LogP contribution in [-0.4, -0.2) is 27.9 Å². The highest BCUT2D eigenvalue weighted by atomic mass is 16.5. The maximum absolute atomic E-state index is 5.07. The SMILES string of the molecule is COCc1cccc(N[C@H](C)Cn2cccn2)n1.